The number of benzene rings is 2. The molecule has 196 valence electrons. The van der Waals surface area contributed by atoms with Crippen LogP contribution in [0.2, 0.25) is 5.02 Å². The third-order valence-electron chi connectivity index (χ3n) is 4.57. The van der Waals surface area contributed by atoms with Crippen molar-refractivity contribution >= 4 is 39.6 Å². The van der Waals surface area contributed by atoms with E-state index in [2.05, 4.69) is 24.4 Å². The molecule has 0 radical (unpaired) electrons. The predicted octanol–water partition coefficient (Wildman–Crippen LogP) is 4.20. The molecular weight excluding hydrogens is 535 g/mol. The van der Waals surface area contributed by atoms with Crippen molar-refractivity contribution in [2.75, 3.05) is 26.0 Å². The van der Waals surface area contributed by atoms with Crippen LogP contribution in [0.4, 0.5) is 18.9 Å². The van der Waals surface area contributed by atoms with Gasteiger partial charge in [-0.2, -0.15) is 21.6 Å². The summed E-state index contributed by atoms with van der Waals surface area (Å²) in [5.74, 6) is -0.435. The third kappa shape index (κ3) is 8.15. The first-order valence-electron chi connectivity index (χ1n) is 10.5. The van der Waals surface area contributed by atoms with Crippen molar-refractivity contribution in [1.82, 2.24) is 14.9 Å². The van der Waals surface area contributed by atoms with Crippen LogP contribution in [0.5, 0.6) is 6.01 Å². The van der Waals surface area contributed by atoms with Crippen LogP contribution in [-0.2, 0) is 21.2 Å². The summed E-state index contributed by atoms with van der Waals surface area (Å²) in [4.78, 5) is 21.1. The van der Waals surface area contributed by atoms with E-state index in [4.69, 9.17) is 11.6 Å². The van der Waals surface area contributed by atoms with E-state index in [1.54, 1.807) is 38.4 Å². The van der Waals surface area contributed by atoms with Gasteiger partial charge in [0.15, 0.2) is 6.61 Å². The summed E-state index contributed by atoms with van der Waals surface area (Å²) in [7, 11) is -1.11. The van der Waals surface area contributed by atoms with Crippen molar-refractivity contribution in [1.29, 1.82) is 0 Å². The number of ether oxygens (including phenoxy) is 1. The molecule has 3 aromatic rings. The van der Waals surface area contributed by atoms with E-state index >= 15 is 0 Å². The average Bonchev–Trinajstić information content (AvgIpc) is 2.83. The molecule has 0 aliphatic carbocycles. The van der Waals surface area contributed by atoms with Gasteiger partial charge in [-0.1, -0.05) is 35.9 Å². The minimum absolute atomic E-state index is 0.0461. The maximum absolute atomic E-state index is 13.0. The standard InChI is InChI=1S/C23H21ClF3N5O4S/c1-32(2)14-30-37(34,35)20-10-17(31-21(33)9-15-5-3-4-6-19(15)24)7-8-18(20)16-11-28-22(29-12-16)36-13-23(25,26)27/h3-8,10-12,14H,9,13H2,1-2H3,(H,31,33)/b30-14+. The molecule has 1 N–H and O–H groups in total. The number of hydrogen-bond donors (Lipinski definition) is 1. The van der Waals surface area contributed by atoms with Crippen LogP contribution in [-0.4, -0.2) is 62.4 Å². The highest BCUT2D eigenvalue weighted by molar-refractivity contribution is 7.90. The maximum atomic E-state index is 13.0. The zero-order valence-corrected chi connectivity index (χ0v) is 21.1. The lowest BCUT2D eigenvalue weighted by atomic mass is 10.1. The van der Waals surface area contributed by atoms with Gasteiger partial charge >= 0.3 is 12.2 Å². The molecule has 0 bridgehead atoms. The van der Waals surface area contributed by atoms with Gasteiger partial charge in [-0.15, -0.1) is 4.40 Å². The van der Waals surface area contributed by atoms with E-state index in [1.807, 2.05) is 0 Å². The van der Waals surface area contributed by atoms with Crippen LogP contribution >= 0.6 is 11.6 Å². The molecule has 2 aromatic carbocycles. The summed E-state index contributed by atoms with van der Waals surface area (Å²) in [6.45, 7) is -1.58. The van der Waals surface area contributed by atoms with Gasteiger partial charge in [0.25, 0.3) is 10.0 Å². The molecule has 0 spiro atoms. The third-order valence-corrected chi connectivity index (χ3v) is 6.21. The fourth-order valence-corrected chi connectivity index (χ4v) is 4.33. The summed E-state index contributed by atoms with van der Waals surface area (Å²) >= 11 is 6.10. The fourth-order valence-electron chi connectivity index (χ4n) is 2.96. The average molecular weight is 556 g/mol. The number of hydrogen-bond acceptors (Lipinski definition) is 6. The predicted molar refractivity (Wildman–Crippen MR) is 132 cm³/mol. The number of amides is 1. The van der Waals surface area contributed by atoms with E-state index in [1.165, 1.54) is 23.1 Å². The first kappa shape index (κ1) is 27.9. The molecule has 14 heteroatoms. The van der Waals surface area contributed by atoms with Crippen molar-refractivity contribution in [2.24, 2.45) is 4.40 Å². The van der Waals surface area contributed by atoms with Gasteiger partial charge in [-0.05, 0) is 23.8 Å². The monoisotopic (exact) mass is 555 g/mol. The van der Waals surface area contributed by atoms with E-state index in [-0.39, 0.29) is 28.1 Å². The van der Waals surface area contributed by atoms with Gasteiger partial charge in [0.1, 0.15) is 6.34 Å². The second-order valence-electron chi connectivity index (χ2n) is 7.85. The van der Waals surface area contributed by atoms with Gasteiger partial charge < -0.3 is 15.0 Å². The van der Waals surface area contributed by atoms with Crippen LogP contribution in [0.25, 0.3) is 11.1 Å². The van der Waals surface area contributed by atoms with E-state index in [0.29, 0.717) is 10.6 Å². The number of sulfonamides is 1. The Labute approximate surface area is 216 Å². The highest BCUT2D eigenvalue weighted by atomic mass is 35.5. The zero-order chi connectivity index (χ0) is 27.2. The van der Waals surface area contributed by atoms with Crippen molar-refractivity contribution in [2.45, 2.75) is 17.5 Å². The lowest BCUT2D eigenvalue weighted by molar-refractivity contribution is -0.154. The van der Waals surface area contributed by atoms with Crippen LogP contribution in [0.3, 0.4) is 0 Å². The quantitative estimate of drug-likeness (QED) is 0.311. The number of carbonyl (C=O) groups excluding carboxylic acids is 1. The number of carbonyl (C=O) groups is 1. The molecule has 0 unspecified atom stereocenters. The van der Waals surface area contributed by atoms with Crippen molar-refractivity contribution in [3.05, 3.63) is 65.4 Å². The molecule has 0 fully saturated rings. The molecular formula is C23H21ClF3N5O4S. The Morgan fingerprint density at radius 3 is 2.46 bits per heavy atom. The number of alkyl halides is 3. The molecule has 0 saturated carbocycles. The maximum Gasteiger partial charge on any atom is 0.422 e. The topological polar surface area (TPSA) is 114 Å². The van der Waals surface area contributed by atoms with E-state index in [9.17, 15) is 26.4 Å². The summed E-state index contributed by atoms with van der Waals surface area (Å²) in [5, 5.41) is 3.05. The van der Waals surface area contributed by atoms with Gasteiger partial charge in [-0.25, -0.2) is 9.97 Å². The highest BCUT2D eigenvalue weighted by Crippen LogP contribution is 2.31. The number of anilines is 1. The van der Waals surface area contributed by atoms with Gasteiger partial charge in [-0.3, -0.25) is 4.79 Å². The number of aromatic nitrogens is 2. The summed E-state index contributed by atoms with van der Waals surface area (Å²) < 4.78 is 71.3. The molecule has 9 nitrogen and oxygen atoms in total. The first-order valence-corrected chi connectivity index (χ1v) is 12.3. The largest absolute Gasteiger partial charge is 0.454 e. The summed E-state index contributed by atoms with van der Waals surface area (Å²) in [6, 6.07) is 10.4. The Balaban J connectivity index is 1.93. The molecule has 0 atom stereocenters. The van der Waals surface area contributed by atoms with Crippen molar-refractivity contribution < 1.29 is 31.1 Å². The lowest BCUT2D eigenvalue weighted by Crippen LogP contribution is -2.20. The van der Waals surface area contributed by atoms with Crippen molar-refractivity contribution in [3.63, 3.8) is 0 Å². The minimum Gasteiger partial charge on any atom is -0.454 e. The molecule has 1 aromatic heterocycles. The number of halogens is 4. The highest BCUT2D eigenvalue weighted by Gasteiger charge is 2.29. The molecule has 0 aliphatic heterocycles. The Morgan fingerprint density at radius 2 is 1.84 bits per heavy atom. The normalized spacial score (nSPS) is 11.9. The summed E-state index contributed by atoms with van der Waals surface area (Å²) in [6.07, 6.45) is -1.28. The number of nitrogens with one attached hydrogen (secondary N) is 1. The lowest BCUT2D eigenvalue weighted by Gasteiger charge is -2.13. The molecule has 0 saturated heterocycles. The second kappa shape index (κ2) is 11.6. The Kier molecular flexibility index (Phi) is 8.71. The van der Waals surface area contributed by atoms with E-state index in [0.717, 1.165) is 18.7 Å². The Bertz CT molecular complexity index is 1400. The van der Waals surface area contributed by atoms with Crippen LogP contribution < -0.4 is 10.1 Å². The van der Waals surface area contributed by atoms with E-state index < -0.39 is 34.7 Å². The Hall–Kier alpha value is -3.71. The smallest absolute Gasteiger partial charge is 0.422 e. The SMILES string of the molecule is CN(C)/C=N/S(=O)(=O)c1cc(NC(=O)Cc2ccccc2Cl)ccc1-c1cnc(OCC(F)(F)F)nc1. The molecule has 3 rings (SSSR count). The zero-order valence-electron chi connectivity index (χ0n) is 19.5. The number of nitrogens with zero attached hydrogens (tertiary/aromatic N) is 4. The van der Waals surface area contributed by atoms with Gasteiger partial charge in [0, 0.05) is 48.3 Å². The Morgan fingerprint density at radius 1 is 1.16 bits per heavy atom. The number of rotatable bonds is 9. The molecule has 1 amide bonds. The second-order valence-corrected chi connectivity index (χ2v) is 9.85. The van der Waals surface area contributed by atoms with Gasteiger partial charge in [0.2, 0.25) is 5.91 Å². The van der Waals surface area contributed by atoms with Gasteiger partial charge in [0.05, 0.1) is 11.3 Å². The van der Waals surface area contributed by atoms with Crippen LogP contribution in [0, 0.1) is 0 Å². The minimum atomic E-state index is -4.57. The van der Waals surface area contributed by atoms with Crippen LogP contribution in [0.15, 0.2) is 64.2 Å². The fraction of sp³-hybridized carbons (Fsp3) is 0.217. The molecule has 0 aliphatic rings. The summed E-state index contributed by atoms with van der Waals surface area (Å²) in [5.41, 5.74) is 1.05. The van der Waals surface area contributed by atoms with Crippen molar-refractivity contribution in [3.8, 4) is 17.1 Å². The molecule has 37 heavy (non-hydrogen) atoms. The first-order chi connectivity index (χ1) is 17.3. The van der Waals surface area contributed by atoms with Crippen LogP contribution in [0.1, 0.15) is 5.56 Å². The molecule has 1 heterocycles.